The Bertz CT molecular complexity index is 335. The highest BCUT2D eigenvalue weighted by atomic mass is 16.3. The smallest absolute Gasteiger partial charge is 0.222 e. The van der Waals surface area contributed by atoms with Crippen LogP contribution in [0, 0.1) is 11.8 Å². The van der Waals surface area contributed by atoms with E-state index in [0.29, 0.717) is 23.9 Å². The van der Waals surface area contributed by atoms with Gasteiger partial charge in [0, 0.05) is 31.6 Å². The summed E-state index contributed by atoms with van der Waals surface area (Å²) in [6.45, 7) is 3.51. The Kier molecular flexibility index (Phi) is 3.81. The minimum Gasteiger partial charge on any atom is -0.393 e. The average Bonchev–Trinajstić information content (AvgIpc) is 2.72. The number of aliphatic hydroxyl groups is 1. The Balaban J connectivity index is 1.51. The lowest BCUT2D eigenvalue weighted by Gasteiger charge is -2.36. The van der Waals surface area contributed by atoms with Gasteiger partial charge in [-0.05, 0) is 43.9 Å². The van der Waals surface area contributed by atoms with Crippen LogP contribution in [0.4, 0.5) is 0 Å². The van der Waals surface area contributed by atoms with E-state index >= 15 is 0 Å². The summed E-state index contributed by atoms with van der Waals surface area (Å²) >= 11 is 0. The number of aliphatic hydroxyl groups excluding tert-OH is 1. The Morgan fingerprint density at radius 1 is 1.26 bits per heavy atom. The van der Waals surface area contributed by atoms with Crippen molar-refractivity contribution in [3.8, 4) is 0 Å². The van der Waals surface area contributed by atoms with E-state index in [1.165, 1.54) is 25.7 Å². The summed E-state index contributed by atoms with van der Waals surface area (Å²) in [5.41, 5.74) is 0. The molecule has 3 aliphatic rings. The Hall–Kier alpha value is -0.610. The van der Waals surface area contributed by atoms with Gasteiger partial charge in [-0.25, -0.2) is 0 Å². The summed E-state index contributed by atoms with van der Waals surface area (Å²) in [4.78, 5) is 14.3. The number of carbonyl (C=O) groups excluding carboxylic acids is 1. The van der Waals surface area contributed by atoms with Gasteiger partial charge in [-0.2, -0.15) is 0 Å². The molecule has 2 N–H and O–H groups in total. The fourth-order valence-electron chi connectivity index (χ4n) is 4.08. The van der Waals surface area contributed by atoms with E-state index in [1.807, 2.05) is 11.8 Å². The molecule has 19 heavy (non-hydrogen) atoms. The number of likely N-dealkylation sites (tertiary alicyclic amines) is 1. The SMILES string of the molecule is CC1CN(C(=O)CC2CC3CCC(C2)N3)CCC1O. The van der Waals surface area contributed by atoms with Crippen LogP contribution in [0.2, 0.25) is 0 Å². The molecule has 4 unspecified atom stereocenters. The molecule has 0 radical (unpaired) electrons. The Morgan fingerprint density at radius 3 is 2.58 bits per heavy atom. The number of hydrogen-bond donors (Lipinski definition) is 2. The predicted molar refractivity (Wildman–Crippen MR) is 73.7 cm³/mol. The van der Waals surface area contributed by atoms with Crippen molar-refractivity contribution in [2.24, 2.45) is 11.8 Å². The third kappa shape index (κ3) is 2.95. The van der Waals surface area contributed by atoms with Crippen molar-refractivity contribution >= 4 is 5.91 Å². The first-order chi connectivity index (χ1) is 9.11. The molecule has 0 aromatic carbocycles. The van der Waals surface area contributed by atoms with Crippen LogP contribution in [0.15, 0.2) is 0 Å². The first kappa shape index (κ1) is 13.4. The molecule has 0 spiro atoms. The van der Waals surface area contributed by atoms with Gasteiger partial charge in [0.2, 0.25) is 5.91 Å². The van der Waals surface area contributed by atoms with Crippen molar-refractivity contribution in [2.75, 3.05) is 13.1 Å². The van der Waals surface area contributed by atoms with Gasteiger partial charge in [-0.1, -0.05) is 6.92 Å². The van der Waals surface area contributed by atoms with Crippen LogP contribution in [-0.2, 0) is 4.79 Å². The van der Waals surface area contributed by atoms with E-state index in [4.69, 9.17) is 0 Å². The fraction of sp³-hybridized carbons (Fsp3) is 0.933. The van der Waals surface area contributed by atoms with Gasteiger partial charge >= 0.3 is 0 Å². The maximum Gasteiger partial charge on any atom is 0.222 e. The number of nitrogens with one attached hydrogen (secondary N) is 1. The number of rotatable bonds is 2. The zero-order chi connectivity index (χ0) is 13.4. The highest BCUT2D eigenvalue weighted by Crippen LogP contribution is 2.33. The second kappa shape index (κ2) is 5.41. The highest BCUT2D eigenvalue weighted by molar-refractivity contribution is 5.76. The molecule has 0 aromatic heterocycles. The third-order valence-electron chi connectivity index (χ3n) is 5.25. The van der Waals surface area contributed by atoms with Crippen LogP contribution < -0.4 is 5.32 Å². The lowest BCUT2D eigenvalue weighted by atomic mass is 9.88. The lowest BCUT2D eigenvalue weighted by molar-refractivity contribution is -0.136. The van der Waals surface area contributed by atoms with Crippen LogP contribution >= 0.6 is 0 Å². The topological polar surface area (TPSA) is 52.6 Å². The molecule has 4 heteroatoms. The first-order valence-electron chi connectivity index (χ1n) is 7.83. The second-order valence-corrected chi connectivity index (χ2v) is 6.85. The zero-order valence-corrected chi connectivity index (χ0v) is 11.8. The van der Waals surface area contributed by atoms with Crippen molar-refractivity contribution < 1.29 is 9.90 Å². The van der Waals surface area contributed by atoms with Gasteiger partial charge < -0.3 is 15.3 Å². The van der Waals surface area contributed by atoms with Crippen molar-refractivity contribution in [1.29, 1.82) is 0 Å². The Labute approximate surface area is 115 Å². The number of piperidine rings is 2. The molecule has 4 atom stereocenters. The molecule has 3 aliphatic heterocycles. The molecule has 4 nitrogen and oxygen atoms in total. The summed E-state index contributed by atoms with van der Waals surface area (Å²) in [5.74, 6) is 1.11. The quantitative estimate of drug-likeness (QED) is 0.788. The zero-order valence-electron chi connectivity index (χ0n) is 11.8. The lowest BCUT2D eigenvalue weighted by Crippen LogP contribution is -2.46. The van der Waals surface area contributed by atoms with Crippen molar-refractivity contribution in [3.05, 3.63) is 0 Å². The van der Waals surface area contributed by atoms with Gasteiger partial charge in [0.1, 0.15) is 0 Å². The number of hydrogen-bond acceptors (Lipinski definition) is 3. The number of carbonyl (C=O) groups is 1. The maximum absolute atomic E-state index is 12.4. The number of nitrogens with zero attached hydrogens (tertiary/aromatic N) is 1. The third-order valence-corrected chi connectivity index (χ3v) is 5.25. The molecule has 3 fully saturated rings. The summed E-state index contributed by atoms with van der Waals surface area (Å²) in [6, 6.07) is 1.33. The molecule has 3 heterocycles. The minimum atomic E-state index is -0.223. The van der Waals surface area contributed by atoms with Crippen LogP contribution in [-0.4, -0.2) is 47.2 Å². The fourth-order valence-corrected chi connectivity index (χ4v) is 4.08. The molecule has 108 valence electrons. The molecule has 2 bridgehead atoms. The normalized spacial score (nSPS) is 42.4. The monoisotopic (exact) mass is 266 g/mol. The minimum absolute atomic E-state index is 0.223. The van der Waals surface area contributed by atoms with Crippen molar-refractivity contribution in [1.82, 2.24) is 10.2 Å². The van der Waals surface area contributed by atoms with Crippen molar-refractivity contribution in [2.45, 2.75) is 63.6 Å². The van der Waals surface area contributed by atoms with E-state index < -0.39 is 0 Å². The van der Waals surface area contributed by atoms with Crippen molar-refractivity contribution in [3.63, 3.8) is 0 Å². The molecule has 0 saturated carbocycles. The molecule has 1 amide bonds. The molecule has 0 aliphatic carbocycles. The van der Waals surface area contributed by atoms with E-state index in [-0.39, 0.29) is 12.0 Å². The van der Waals surface area contributed by atoms with Crippen LogP contribution in [0.25, 0.3) is 0 Å². The molecular formula is C15H26N2O2. The van der Waals surface area contributed by atoms with Crippen LogP contribution in [0.5, 0.6) is 0 Å². The molecular weight excluding hydrogens is 240 g/mol. The Morgan fingerprint density at radius 2 is 1.95 bits per heavy atom. The summed E-state index contributed by atoms with van der Waals surface area (Å²) in [6.07, 6.45) is 6.17. The molecule has 3 saturated heterocycles. The molecule has 0 aromatic rings. The van der Waals surface area contributed by atoms with Gasteiger partial charge in [-0.3, -0.25) is 4.79 Å². The average molecular weight is 266 g/mol. The predicted octanol–water partition coefficient (Wildman–Crippen LogP) is 1.14. The standard InChI is InChI=1S/C15H26N2O2/c1-10-9-17(5-4-14(10)18)15(19)8-11-6-12-2-3-13(7-11)16-12/h10-14,16,18H,2-9H2,1H3. The van der Waals surface area contributed by atoms with Gasteiger partial charge in [0.15, 0.2) is 0 Å². The maximum atomic E-state index is 12.4. The first-order valence-corrected chi connectivity index (χ1v) is 7.83. The summed E-state index contributed by atoms with van der Waals surface area (Å²) in [5, 5.41) is 13.4. The van der Waals surface area contributed by atoms with Gasteiger partial charge in [0.25, 0.3) is 0 Å². The van der Waals surface area contributed by atoms with Crippen LogP contribution in [0.1, 0.15) is 45.4 Å². The van der Waals surface area contributed by atoms with E-state index in [1.54, 1.807) is 0 Å². The second-order valence-electron chi connectivity index (χ2n) is 6.85. The molecule has 3 rings (SSSR count). The summed E-state index contributed by atoms with van der Waals surface area (Å²) < 4.78 is 0. The largest absolute Gasteiger partial charge is 0.393 e. The highest BCUT2D eigenvalue weighted by Gasteiger charge is 2.35. The number of amides is 1. The summed E-state index contributed by atoms with van der Waals surface area (Å²) in [7, 11) is 0. The van der Waals surface area contributed by atoms with E-state index in [0.717, 1.165) is 25.9 Å². The van der Waals surface area contributed by atoms with E-state index in [9.17, 15) is 9.90 Å². The van der Waals surface area contributed by atoms with E-state index in [2.05, 4.69) is 5.32 Å². The number of fused-ring (bicyclic) bond motifs is 2. The van der Waals surface area contributed by atoms with Gasteiger partial charge in [0.05, 0.1) is 6.10 Å². The van der Waals surface area contributed by atoms with Crippen LogP contribution in [0.3, 0.4) is 0 Å². The van der Waals surface area contributed by atoms with Gasteiger partial charge in [-0.15, -0.1) is 0 Å².